The van der Waals surface area contributed by atoms with Crippen molar-refractivity contribution in [2.45, 2.75) is 11.8 Å². The number of nitrogens with one attached hydrogen (secondary N) is 2. The number of rotatable bonds is 8. The predicted octanol–water partition coefficient (Wildman–Crippen LogP) is 5.78. The Morgan fingerprint density at radius 3 is 2.28 bits per heavy atom. The minimum absolute atomic E-state index is 0.0236. The van der Waals surface area contributed by atoms with Crippen molar-refractivity contribution in [3.05, 3.63) is 101 Å². The van der Waals surface area contributed by atoms with Gasteiger partial charge in [0.05, 0.1) is 28.4 Å². The lowest BCUT2D eigenvalue weighted by molar-refractivity contribution is 0.0533. The Labute approximate surface area is 211 Å². The van der Waals surface area contributed by atoms with Gasteiger partial charge in [-0.1, -0.05) is 42.5 Å². The third kappa shape index (κ3) is 5.61. The SMILES string of the molecule is CCOC(=O)c1sc(-c2ccccc2)cc1NC(=O)c1ccccc1NS(=O)(=O)c1ccc(F)cc1. The molecule has 1 aromatic heterocycles. The van der Waals surface area contributed by atoms with E-state index >= 15 is 0 Å². The molecule has 0 spiro atoms. The summed E-state index contributed by atoms with van der Waals surface area (Å²) in [6.45, 7) is 1.85. The van der Waals surface area contributed by atoms with E-state index < -0.39 is 27.7 Å². The van der Waals surface area contributed by atoms with E-state index in [4.69, 9.17) is 4.74 Å². The van der Waals surface area contributed by atoms with Crippen molar-refractivity contribution in [1.29, 1.82) is 0 Å². The molecule has 3 aromatic carbocycles. The second kappa shape index (κ2) is 10.7. The van der Waals surface area contributed by atoms with Crippen molar-refractivity contribution >= 4 is 44.6 Å². The molecule has 0 saturated carbocycles. The number of carbonyl (C=O) groups excluding carboxylic acids is 2. The van der Waals surface area contributed by atoms with Gasteiger partial charge in [-0.3, -0.25) is 9.52 Å². The highest BCUT2D eigenvalue weighted by molar-refractivity contribution is 7.92. The lowest BCUT2D eigenvalue weighted by atomic mass is 10.1. The van der Waals surface area contributed by atoms with E-state index in [1.54, 1.807) is 25.1 Å². The van der Waals surface area contributed by atoms with Crippen LogP contribution in [0.4, 0.5) is 15.8 Å². The fraction of sp³-hybridized carbons (Fsp3) is 0.0769. The van der Waals surface area contributed by atoms with Gasteiger partial charge in [0.25, 0.3) is 15.9 Å². The summed E-state index contributed by atoms with van der Waals surface area (Å²) in [5, 5.41) is 2.72. The van der Waals surface area contributed by atoms with Crippen LogP contribution in [0.3, 0.4) is 0 Å². The topological polar surface area (TPSA) is 102 Å². The number of thiophene rings is 1. The summed E-state index contributed by atoms with van der Waals surface area (Å²) in [5.41, 5.74) is 1.17. The lowest BCUT2D eigenvalue weighted by Crippen LogP contribution is -2.19. The number of esters is 1. The number of para-hydroxylation sites is 1. The van der Waals surface area contributed by atoms with Crippen molar-refractivity contribution in [3.8, 4) is 10.4 Å². The highest BCUT2D eigenvalue weighted by Gasteiger charge is 2.23. The molecular weight excluding hydrogens is 503 g/mol. The van der Waals surface area contributed by atoms with Crippen molar-refractivity contribution in [2.24, 2.45) is 0 Å². The van der Waals surface area contributed by atoms with E-state index in [1.807, 2.05) is 30.3 Å². The van der Waals surface area contributed by atoms with E-state index in [0.29, 0.717) is 0 Å². The highest BCUT2D eigenvalue weighted by atomic mass is 32.2. The van der Waals surface area contributed by atoms with E-state index in [0.717, 1.165) is 34.7 Å². The molecule has 0 unspecified atom stereocenters. The van der Waals surface area contributed by atoms with Crippen molar-refractivity contribution in [2.75, 3.05) is 16.6 Å². The van der Waals surface area contributed by atoms with Crippen LogP contribution in [0.5, 0.6) is 0 Å². The van der Waals surface area contributed by atoms with Crippen LogP contribution in [0.25, 0.3) is 10.4 Å². The molecule has 0 saturated heterocycles. The van der Waals surface area contributed by atoms with Crippen LogP contribution in [-0.2, 0) is 14.8 Å². The van der Waals surface area contributed by atoms with Crippen LogP contribution in [0, 0.1) is 5.82 Å². The zero-order chi connectivity index (χ0) is 25.7. The summed E-state index contributed by atoms with van der Waals surface area (Å²) in [6.07, 6.45) is 0. The maximum Gasteiger partial charge on any atom is 0.350 e. The van der Waals surface area contributed by atoms with Gasteiger partial charge in [0.1, 0.15) is 10.7 Å². The van der Waals surface area contributed by atoms with Crippen LogP contribution >= 0.6 is 11.3 Å². The van der Waals surface area contributed by atoms with Crippen molar-refractivity contribution in [1.82, 2.24) is 0 Å². The second-order valence-electron chi connectivity index (χ2n) is 7.50. The number of hydrogen-bond acceptors (Lipinski definition) is 6. The summed E-state index contributed by atoms with van der Waals surface area (Å²) in [7, 11) is -4.09. The van der Waals surface area contributed by atoms with Crippen LogP contribution in [0.2, 0.25) is 0 Å². The minimum Gasteiger partial charge on any atom is -0.462 e. The molecule has 7 nitrogen and oxygen atoms in total. The molecule has 4 aromatic rings. The highest BCUT2D eigenvalue weighted by Crippen LogP contribution is 2.36. The fourth-order valence-corrected chi connectivity index (χ4v) is 5.45. The largest absolute Gasteiger partial charge is 0.462 e. The zero-order valence-corrected chi connectivity index (χ0v) is 20.7. The molecule has 184 valence electrons. The lowest BCUT2D eigenvalue weighted by Gasteiger charge is -2.13. The quantitative estimate of drug-likeness (QED) is 0.284. The number of carbonyl (C=O) groups is 2. The van der Waals surface area contributed by atoms with Gasteiger partial charge in [-0.25, -0.2) is 17.6 Å². The standard InChI is InChI=1S/C26H21FN2O5S2/c1-2-34-26(31)24-22(16-23(35-24)17-8-4-3-5-9-17)28-25(30)20-10-6-7-11-21(20)29-36(32,33)19-14-12-18(27)13-15-19/h3-16,29H,2H2,1H3,(H,28,30). The monoisotopic (exact) mass is 524 g/mol. The van der Waals surface area contributed by atoms with Crippen LogP contribution in [0.1, 0.15) is 27.0 Å². The average Bonchev–Trinajstić information content (AvgIpc) is 3.29. The van der Waals surface area contributed by atoms with Gasteiger partial charge in [-0.15, -0.1) is 11.3 Å². The number of sulfonamides is 1. The zero-order valence-electron chi connectivity index (χ0n) is 19.0. The molecule has 1 amide bonds. The first-order valence-corrected chi connectivity index (χ1v) is 13.1. The molecule has 2 N–H and O–H groups in total. The summed E-state index contributed by atoms with van der Waals surface area (Å²) in [4.78, 5) is 26.6. The van der Waals surface area contributed by atoms with E-state index in [1.165, 1.54) is 23.5 Å². The Morgan fingerprint density at radius 1 is 0.917 bits per heavy atom. The van der Waals surface area contributed by atoms with Crippen LogP contribution < -0.4 is 10.0 Å². The van der Waals surface area contributed by atoms with E-state index in [9.17, 15) is 22.4 Å². The van der Waals surface area contributed by atoms with Gasteiger partial charge in [0, 0.05) is 4.88 Å². The molecule has 0 aliphatic carbocycles. The summed E-state index contributed by atoms with van der Waals surface area (Å²) < 4.78 is 46.4. The van der Waals surface area contributed by atoms with E-state index in [-0.39, 0.29) is 33.3 Å². The minimum atomic E-state index is -4.09. The Kier molecular flexibility index (Phi) is 7.47. The van der Waals surface area contributed by atoms with E-state index in [2.05, 4.69) is 10.0 Å². The number of halogens is 1. The Bertz CT molecular complexity index is 1500. The molecule has 36 heavy (non-hydrogen) atoms. The first-order valence-electron chi connectivity index (χ1n) is 10.8. The van der Waals surface area contributed by atoms with Gasteiger partial charge in [0.15, 0.2) is 0 Å². The molecule has 10 heteroatoms. The molecular formula is C26H21FN2O5S2. The Morgan fingerprint density at radius 2 is 1.58 bits per heavy atom. The normalized spacial score (nSPS) is 11.1. The molecule has 1 heterocycles. The maximum absolute atomic E-state index is 13.2. The first kappa shape index (κ1) is 25.1. The average molecular weight is 525 g/mol. The molecule has 0 bridgehead atoms. The Balaban J connectivity index is 1.65. The van der Waals surface area contributed by atoms with Crippen LogP contribution in [0.15, 0.2) is 89.8 Å². The summed E-state index contributed by atoms with van der Waals surface area (Å²) in [6, 6.07) is 21.4. The van der Waals surface area contributed by atoms with Gasteiger partial charge >= 0.3 is 5.97 Å². The first-order chi connectivity index (χ1) is 17.3. The third-order valence-corrected chi connectivity index (χ3v) is 7.58. The van der Waals surface area contributed by atoms with Crippen molar-refractivity contribution in [3.63, 3.8) is 0 Å². The van der Waals surface area contributed by atoms with Gasteiger partial charge < -0.3 is 10.1 Å². The number of hydrogen-bond donors (Lipinski definition) is 2. The molecule has 0 aliphatic heterocycles. The Hall–Kier alpha value is -4.02. The summed E-state index contributed by atoms with van der Waals surface area (Å²) in [5.74, 6) is -1.78. The number of anilines is 2. The molecule has 0 aliphatic rings. The van der Waals surface area contributed by atoms with Crippen LogP contribution in [-0.4, -0.2) is 26.9 Å². The van der Waals surface area contributed by atoms with Gasteiger partial charge in [-0.05, 0) is 55.0 Å². The number of benzene rings is 3. The predicted molar refractivity (Wildman–Crippen MR) is 137 cm³/mol. The van der Waals surface area contributed by atoms with Gasteiger partial charge in [0.2, 0.25) is 0 Å². The molecule has 0 fully saturated rings. The molecule has 4 rings (SSSR count). The maximum atomic E-state index is 13.2. The van der Waals surface area contributed by atoms with Crippen molar-refractivity contribution < 1.29 is 27.1 Å². The fourth-order valence-electron chi connectivity index (χ4n) is 3.35. The summed E-state index contributed by atoms with van der Waals surface area (Å²) >= 11 is 1.18. The number of amides is 1. The number of ether oxygens (including phenoxy) is 1. The van der Waals surface area contributed by atoms with Gasteiger partial charge in [-0.2, -0.15) is 0 Å². The molecule has 0 radical (unpaired) electrons. The second-order valence-corrected chi connectivity index (χ2v) is 10.2. The smallest absolute Gasteiger partial charge is 0.350 e. The molecule has 0 atom stereocenters. The third-order valence-electron chi connectivity index (χ3n) is 5.04.